The van der Waals surface area contributed by atoms with E-state index in [9.17, 15) is 9.59 Å². The predicted molar refractivity (Wildman–Crippen MR) is 111 cm³/mol. The van der Waals surface area contributed by atoms with Gasteiger partial charge in [-0.3, -0.25) is 14.9 Å². The van der Waals surface area contributed by atoms with Gasteiger partial charge < -0.3 is 14.4 Å². The Morgan fingerprint density at radius 2 is 1.79 bits per heavy atom. The molecule has 1 aliphatic carbocycles. The van der Waals surface area contributed by atoms with Crippen LogP contribution in [0.3, 0.4) is 0 Å². The van der Waals surface area contributed by atoms with Gasteiger partial charge in [0, 0.05) is 29.6 Å². The molecule has 29 heavy (non-hydrogen) atoms. The third kappa shape index (κ3) is 4.07. The second kappa shape index (κ2) is 8.41. The molecule has 1 fully saturated rings. The SMILES string of the molecule is COc1cc(OC)cc(C(=O)Nc2nc3c(s2)CCC3C(=O)N2CCCCC2)c1. The van der Waals surface area contributed by atoms with Crippen molar-refractivity contribution in [1.29, 1.82) is 0 Å². The molecule has 1 aromatic heterocycles. The van der Waals surface area contributed by atoms with Gasteiger partial charge in [-0.1, -0.05) is 0 Å². The Bertz CT molecular complexity index is 898. The minimum absolute atomic E-state index is 0.179. The fourth-order valence-corrected chi connectivity index (χ4v) is 5.00. The molecule has 0 radical (unpaired) electrons. The Hall–Kier alpha value is -2.61. The number of rotatable bonds is 5. The number of nitrogens with zero attached hydrogens (tertiary/aromatic N) is 2. The minimum Gasteiger partial charge on any atom is -0.497 e. The second-order valence-electron chi connectivity index (χ2n) is 7.36. The van der Waals surface area contributed by atoms with E-state index in [0.29, 0.717) is 22.2 Å². The van der Waals surface area contributed by atoms with Crippen molar-refractivity contribution in [1.82, 2.24) is 9.88 Å². The van der Waals surface area contributed by atoms with Crippen molar-refractivity contribution in [2.24, 2.45) is 0 Å². The molecule has 2 heterocycles. The van der Waals surface area contributed by atoms with Gasteiger partial charge in [-0.2, -0.15) is 0 Å². The van der Waals surface area contributed by atoms with Gasteiger partial charge in [-0.05, 0) is 44.2 Å². The number of aryl methyl sites for hydroxylation is 1. The Labute approximate surface area is 174 Å². The molecule has 1 unspecified atom stereocenters. The number of hydrogen-bond donors (Lipinski definition) is 1. The fourth-order valence-electron chi connectivity index (χ4n) is 3.96. The summed E-state index contributed by atoms with van der Waals surface area (Å²) < 4.78 is 10.5. The lowest BCUT2D eigenvalue weighted by Gasteiger charge is -2.29. The van der Waals surface area contributed by atoms with Crippen LogP contribution in [-0.4, -0.2) is 49.0 Å². The normalized spacial score (nSPS) is 18.3. The zero-order valence-corrected chi connectivity index (χ0v) is 17.5. The molecule has 0 spiro atoms. The first-order chi connectivity index (χ1) is 14.1. The largest absolute Gasteiger partial charge is 0.497 e. The highest BCUT2D eigenvalue weighted by atomic mass is 32.1. The second-order valence-corrected chi connectivity index (χ2v) is 8.44. The van der Waals surface area contributed by atoms with Crippen molar-refractivity contribution < 1.29 is 19.1 Å². The van der Waals surface area contributed by atoms with E-state index < -0.39 is 0 Å². The molecule has 8 heteroatoms. The average Bonchev–Trinajstić information content (AvgIpc) is 3.33. The van der Waals surface area contributed by atoms with Crippen LogP contribution in [0.4, 0.5) is 5.13 Å². The van der Waals surface area contributed by atoms with Gasteiger partial charge in [0.25, 0.3) is 5.91 Å². The van der Waals surface area contributed by atoms with Gasteiger partial charge in [0.15, 0.2) is 5.13 Å². The average molecular weight is 416 g/mol. The highest BCUT2D eigenvalue weighted by Crippen LogP contribution is 2.39. The zero-order chi connectivity index (χ0) is 20.4. The minimum atomic E-state index is -0.284. The summed E-state index contributed by atoms with van der Waals surface area (Å²) >= 11 is 1.46. The van der Waals surface area contributed by atoms with Crippen LogP contribution in [0.15, 0.2) is 18.2 Å². The topological polar surface area (TPSA) is 80.8 Å². The molecular weight excluding hydrogens is 390 g/mol. The van der Waals surface area contributed by atoms with E-state index >= 15 is 0 Å². The molecule has 1 atom stereocenters. The number of nitrogens with one attached hydrogen (secondary N) is 1. The maximum absolute atomic E-state index is 12.9. The van der Waals surface area contributed by atoms with Crippen LogP contribution in [0.5, 0.6) is 11.5 Å². The molecule has 0 saturated carbocycles. The number of anilines is 1. The molecule has 4 rings (SSSR count). The van der Waals surface area contributed by atoms with E-state index in [1.165, 1.54) is 17.8 Å². The van der Waals surface area contributed by atoms with E-state index in [-0.39, 0.29) is 17.7 Å². The number of hydrogen-bond acceptors (Lipinski definition) is 6. The van der Waals surface area contributed by atoms with E-state index in [0.717, 1.165) is 49.3 Å². The number of ether oxygens (including phenoxy) is 2. The van der Waals surface area contributed by atoms with E-state index in [4.69, 9.17) is 9.47 Å². The predicted octanol–water partition coefficient (Wildman–Crippen LogP) is 3.45. The molecule has 0 bridgehead atoms. The van der Waals surface area contributed by atoms with E-state index in [1.54, 1.807) is 32.4 Å². The maximum atomic E-state index is 12.9. The van der Waals surface area contributed by atoms with Crippen LogP contribution < -0.4 is 14.8 Å². The van der Waals surface area contributed by atoms with E-state index in [1.807, 2.05) is 4.90 Å². The zero-order valence-electron chi connectivity index (χ0n) is 16.7. The Kier molecular flexibility index (Phi) is 5.71. The smallest absolute Gasteiger partial charge is 0.257 e. The molecule has 2 aromatic rings. The summed E-state index contributed by atoms with van der Waals surface area (Å²) in [6.07, 6.45) is 4.99. The standard InChI is InChI=1S/C21H25N3O4S/c1-27-14-10-13(11-15(12-14)28-2)19(25)23-21-22-18-16(6-7-17(18)29-21)20(26)24-8-4-3-5-9-24/h10-12,16H,3-9H2,1-2H3,(H,22,23,25). The number of likely N-dealkylation sites (tertiary alicyclic amines) is 1. The molecular formula is C21H25N3O4S. The van der Waals surface area contributed by atoms with Crippen molar-refractivity contribution in [2.75, 3.05) is 32.6 Å². The van der Waals surface area contributed by atoms with Crippen molar-refractivity contribution in [2.45, 2.75) is 38.0 Å². The van der Waals surface area contributed by atoms with Crippen LogP contribution in [-0.2, 0) is 11.2 Å². The highest BCUT2D eigenvalue weighted by Gasteiger charge is 2.35. The fraction of sp³-hybridized carbons (Fsp3) is 0.476. The van der Waals surface area contributed by atoms with Gasteiger partial charge in [0.1, 0.15) is 11.5 Å². The lowest BCUT2D eigenvalue weighted by Crippen LogP contribution is -2.38. The third-order valence-electron chi connectivity index (χ3n) is 5.52. The summed E-state index contributed by atoms with van der Waals surface area (Å²) in [6.45, 7) is 1.69. The summed E-state index contributed by atoms with van der Waals surface area (Å²) in [5.41, 5.74) is 1.27. The first kappa shape index (κ1) is 19.7. The van der Waals surface area contributed by atoms with Crippen molar-refractivity contribution >= 4 is 28.3 Å². The first-order valence-electron chi connectivity index (χ1n) is 9.92. The van der Waals surface area contributed by atoms with Crippen molar-refractivity contribution in [3.63, 3.8) is 0 Å². The summed E-state index contributed by atoms with van der Waals surface area (Å²) in [5, 5.41) is 3.39. The van der Waals surface area contributed by atoms with Crippen molar-refractivity contribution in [3.05, 3.63) is 34.3 Å². The molecule has 2 aliphatic rings. The van der Waals surface area contributed by atoms with Crippen molar-refractivity contribution in [3.8, 4) is 11.5 Å². The van der Waals surface area contributed by atoms with Gasteiger partial charge in [-0.15, -0.1) is 11.3 Å². The number of aromatic nitrogens is 1. The molecule has 1 N–H and O–H groups in total. The Morgan fingerprint density at radius 1 is 1.10 bits per heavy atom. The quantitative estimate of drug-likeness (QED) is 0.809. The number of piperidine rings is 1. The Morgan fingerprint density at radius 3 is 2.45 bits per heavy atom. The number of methoxy groups -OCH3 is 2. The van der Waals surface area contributed by atoms with Crippen LogP contribution in [0.25, 0.3) is 0 Å². The summed E-state index contributed by atoms with van der Waals surface area (Å²) in [6, 6.07) is 5.02. The van der Waals surface area contributed by atoms with Gasteiger partial charge in [0.2, 0.25) is 5.91 Å². The number of fused-ring (bicyclic) bond motifs is 1. The highest BCUT2D eigenvalue weighted by molar-refractivity contribution is 7.16. The van der Waals surface area contributed by atoms with Gasteiger partial charge in [0.05, 0.1) is 25.8 Å². The molecule has 2 amide bonds. The maximum Gasteiger partial charge on any atom is 0.257 e. The van der Waals surface area contributed by atoms with Crippen LogP contribution in [0.2, 0.25) is 0 Å². The van der Waals surface area contributed by atoms with Crippen LogP contribution in [0, 0.1) is 0 Å². The van der Waals surface area contributed by atoms with Gasteiger partial charge >= 0.3 is 0 Å². The number of benzene rings is 1. The van der Waals surface area contributed by atoms with Crippen LogP contribution in [0.1, 0.15) is 52.5 Å². The molecule has 1 saturated heterocycles. The summed E-state index contributed by atoms with van der Waals surface area (Å²) in [4.78, 5) is 33.3. The number of carbonyl (C=O) groups is 2. The van der Waals surface area contributed by atoms with Crippen LogP contribution >= 0.6 is 11.3 Å². The number of thiazole rings is 1. The third-order valence-corrected chi connectivity index (χ3v) is 6.56. The molecule has 7 nitrogen and oxygen atoms in total. The summed E-state index contributed by atoms with van der Waals surface area (Å²) in [7, 11) is 3.09. The molecule has 1 aromatic carbocycles. The number of carbonyl (C=O) groups excluding carboxylic acids is 2. The lowest BCUT2D eigenvalue weighted by atomic mass is 10.0. The monoisotopic (exact) mass is 415 g/mol. The summed E-state index contributed by atoms with van der Waals surface area (Å²) in [5.74, 6) is 0.811. The van der Waals surface area contributed by atoms with E-state index in [2.05, 4.69) is 10.3 Å². The lowest BCUT2D eigenvalue weighted by molar-refractivity contribution is -0.133. The van der Waals surface area contributed by atoms with Gasteiger partial charge in [-0.25, -0.2) is 4.98 Å². The first-order valence-corrected chi connectivity index (χ1v) is 10.7. The molecule has 1 aliphatic heterocycles. The number of amides is 2. The Balaban J connectivity index is 1.49. The molecule has 154 valence electrons.